The van der Waals surface area contributed by atoms with Crippen molar-refractivity contribution in [1.29, 1.82) is 0 Å². The number of methoxy groups -OCH3 is 1. The van der Waals surface area contributed by atoms with E-state index in [-0.39, 0.29) is 23.8 Å². The van der Waals surface area contributed by atoms with Gasteiger partial charge in [-0.1, -0.05) is 15.9 Å². The van der Waals surface area contributed by atoms with Gasteiger partial charge in [-0.2, -0.15) is 0 Å². The van der Waals surface area contributed by atoms with E-state index in [1.54, 1.807) is 24.3 Å². The number of nitrogens with zero attached hydrogens (tertiary/aromatic N) is 2. The molecule has 0 fully saturated rings. The number of rotatable bonds is 10. The molecule has 0 atom stereocenters. The van der Waals surface area contributed by atoms with Crippen LogP contribution in [0.2, 0.25) is 0 Å². The van der Waals surface area contributed by atoms with Gasteiger partial charge in [0.05, 0.1) is 19.4 Å². The lowest BCUT2D eigenvalue weighted by molar-refractivity contribution is 0.307. The molecule has 1 heterocycles. The normalized spacial score (nSPS) is 11.2. The first-order chi connectivity index (χ1) is 14.9. The Morgan fingerprint density at radius 2 is 1.77 bits per heavy atom. The maximum Gasteiger partial charge on any atom is 0.244 e. The predicted molar refractivity (Wildman–Crippen MR) is 120 cm³/mol. The quantitative estimate of drug-likeness (QED) is 0.417. The van der Waals surface area contributed by atoms with Gasteiger partial charge >= 0.3 is 0 Å². The fourth-order valence-electron chi connectivity index (χ4n) is 2.71. The molecule has 164 valence electrons. The minimum Gasteiger partial charge on any atom is -0.495 e. The van der Waals surface area contributed by atoms with Crippen molar-refractivity contribution in [3.05, 3.63) is 59.1 Å². The number of hydrogen-bond donors (Lipinski definition) is 1. The maximum absolute atomic E-state index is 12.5. The predicted octanol–water partition coefficient (Wildman–Crippen LogP) is 3.67. The summed E-state index contributed by atoms with van der Waals surface area (Å²) in [4.78, 5) is 0.0453. The number of benzene rings is 2. The second-order valence-corrected chi connectivity index (χ2v) is 8.91. The summed E-state index contributed by atoms with van der Waals surface area (Å²) < 4.78 is 44.3. The van der Waals surface area contributed by atoms with Crippen molar-refractivity contribution in [2.24, 2.45) is 0 Å². The van der Waals surface area contributed by atoms with Crippen LogP contribution in [0.3, 0.4) is 0 Å². The zero-order valence-electron chi connectivity index (χ0n) is 17.0. The van der Waals surface area contributed by atoms with E-state index in [9.17, 15) is 8.42 Å². The van der Waals surface area contributed by atoms with Crippen molar-refractivity contribution in [2.45, 2.75) is 11.8 Å². The SMILES string of the molecule is CCOc1ccc(-c2ccc(OCCNS(=O)(=O)c3cc(Br)ccc3OC)nn2)cc1. The Hall–Kier alpha value is -2.69. The summed E-state index contributed by atoms with van der Waals surface area (Å²) in [6.45, 7) is 2.69. The molecule has 0 bridgehead atoms. The number of sulfonamides is 1. The molecular weight excluding hydrogens is 486 g/mol. The fraction of sp³-hybridized carbons (Fsp3) is 0.238. The number of ether oxygens (including phenoxy) is 3. The highest BCUT2D eigenvalue weighted by atomic mass is 79.9. The summed E-state index contributed by atoms with van der Waals surface area (Å²) in [7, 11) is -2.34. The van der Waals surface area contributed by atoms with Crippen molar-refractivity contribution in [3.8, 4) is 28.6 Å². The summed E-state index contributed by atoms with van der Waals surface area (Å²) in [5.74, 6) is 1.35. The molecule has 10 heteroatoms. The molecule has 0 spiro atoms. The van der Waals surface area contributed by atoms with Gasteiger partial charge in [0, 0.05) is 22.6 Å². The van der Waals surface area contributed by atoms with Crippen molar-refractivity contribution in [2.75, 3.05) is 26.9 Å². The van der Waals surface area contributed by atoms with E-state index in [1.165, 1.54) is 13.2 Å². The van der Waals surface area contributed by atoms with Crippen LogP contribution in [0.1, 0.15) is 6.92 Å². The molecular formula is C21H22BrN3O5S. The lowest BCUT2D eigenvalue weighted by Crippen LogP contribution is -2.28. The Morgan fingerprint density at radius 1 is 1.00 bits per heavy atom. The van der Waals surface area contributed by atoms with Crippen LogP contribution in [0, 0.1) is 0 Å². The van der Waals surface area contributed by atoms with Crippen LogP contribution >= 0.6 is 15.9 Å². The van der Waals surface area contributed by atoms with Gasteiger partial charge in [-0.15, -0.1) is 10.2 Å². The van der Waals surface area contributed by atoms with Gasteiger partial charge in [-0.3, -0.25) is 0 Å². The van der Waals surface area contributed by atoms with E-state index in [0.717, 1.165) is 11.3 Å². The molecule has 0 unspecified atom stereocenters. The highest BCUT2D eigenvalue weighted by molar-refractivity contribution is 9.10. The van der Waals surface area contributed by atoms with Crippen LogP contribution in [-0.4, -0.2) is 45.5 Å². The highest BCUT2D eigenvalue weighted by Gasteiger charge is 2.19. The first-order valence-corrected chi connectivity index (χ1v) is 11.7. The summed E-state index contributed by atoms with van der Waals surface area (Å²) in [6.07, 6.45) is 0. The van der Waals surface area contributed by atoms with Gasteiger partial charge in [-0.05, 0) is 55.5 Å². The highest BCUT2D eigenvalue weighted by Crippen LogP contribution is 2.27. The lowest BCUT2D eigenvalue weighted by Gasteiger charge is -2.11. The van der Waals surface area contributed by atoms with Crippen LogP contribution in [0.5, 0.6) is 17.4 Å². The second kappa shape index (κ2) is 10.6. The fourth-order valence-corrected chi connectivity index (χ4v) is 4.43. The summed E-state index contributed by atoms with van der Waals surface area (Å²) in [6, 6.07) is 15.8. The van der Waals surface area contributed by atoms with Gasteiger partial charge in [0.25, 0.3) is 0 Å². The van der Waals surface area contributed by atoms with Gasteiger partial charge in [0.1, 0.15) is 23.0 Å². The van der Waals surface area contributed by atoms with Crippen LogP contribution in [0.4, 0.5) is 0 Å². The molecule has 0 saturated heterocycles. The zero-order chi connectivity index (χ0) is 22.3. The van der Waals surface area contributed by atoms with E-state index in [1.807, 2.05) is 31.2 Å². The van der Waals surface area contributed by atoms with Crippen LogP contribution in [-0.2, 0) is 10.0 Å². The van der Waals surface area contributed by atoms with E-state index in [4.69, 9.17) is 14.2 Å². The Balaban J connectivity index is 1.54. The van der Waals surface area contributed by atoms with Crippen LogP contribution < -0.4 is 18.9 Å². The smallest absolute Gasteiger partial charge is 0.244 e. The molecule has 0 aliphatic carbocycles. The lowest BCUT2D eigenvalue weighted by atomic mass is 10.1. The standard InChI is InChI=1S/C21H22BrN3O5S/c1-3-29-17-7-4-15(5-8-17)18-9-11-21(25-24-18)30-13-12-23-31(26,27)20-14-16(22)6-10-19(20)28-2/h4-11,14,23H,3,12-13H2,1-2H3. The van der Waals surface area contributed by atoms with Crippen molar-refractivity contribution in [3.63, 3.8) is 0 Å². The van der Waals surface area contributed by atoms with Crippen LogP contribution in [0.25, 0.3) is 11.3 Å². The van der Waals surface area contributed by atoms with Gasteiger partial charge < -0.3 is 14.2 Å². The van der Waals surface area contributed by atoms with Gasteiger partial charge in [-0.25, -0.2) is 13.1 Å². The largest absolute Gasteiger partial charge is 0.495 e. The monoisotopic (exact) mass is 507 g/mol. The Morgan fingerprint density at radius 3 is 2.42 bits per heavy atom. The number of hydrogen-bond acceptors (Lipinski definition) is 7. The number of nitrogens with one attached hydrogen (secondary N) is 1. The molecule has 31 heavy (non-hydrogen) atoms. The topological polar surface area (TPSA) is 99.6 Å². The molecule has 1 aromatic heterocycles. The van der Waals surface area contributed by atoms with Gasteiger partial charge in [0.15, 0.2) is 0 Å². The first kappa shape index (κ1) is 23.0. The Bertz CT molecular complexity index is 1110. The minimum absolute atomic E-state index is 0.0453. The van der Waals surface area contributed by atoms with E-state index < -0.39 is 10.0 Å². The van der Waals surface area contributed by atoms with Crippen LogP contribution in [0.15, 0.2) is 64.0 Å². The summed E-state index contributed by atoms with van der Waals surface area (Å²) in [5, 5.41) is 8.19. The van der Waals surface area contributed by atoms with Gasteiger partial charge in [0.2, 0.25) is 15.9 Å². The van der Waals surface area contributed by atoms with Crippen molar-refractivity contribution >= 4 is 26.0 Å². The molecule has 0 radical (unpaired) electrons. The first-order valence-electron chi connectivity index (χ1n) is 9.46. The Labute approximate surface area is 189 Å². The summed E-state index contributed by atoms with van der Waals surface area (Å²) in [5.41, 5.74) is 1.59. The second-order valence-electron chi connectivity index (χ2n) is 6.26. The average molecular weight is 508 g/mol. The van der Waals surface area contributed by atoms with Crippen molar-refractivity contribution in [1.82, 2.24) is 14.9 Å². The molecule has 0 saturated carbocycles. The third kappa shape index (κ3) is 6.16. The third-order valence-electron chi connectivity index (χ3n) is 4.16. The maximum atomic E-state index is 12.5. The van der Waals surface area contributed by atoms with Crippen molar-refractivity contribution < 1.29 is 22.6 Å². The summed E-state index contributed by atoms with van der Waals surface area (Å²) >= 11 is 3.27. The van der Waals surface area contributed by atoms with E-state index in [0.29, 0.717) is 22.7 Å². The molecule has 0 aliphatic rings. The minimum atomic E-state index is -3.76. The van der Waals surface area contributed by atoms with E-state index in [2.05, 4.69) is 30.8 Å². The molecule has 3 rings (SSSR count). The zero-order valence-corrected chi connectivity index (χ0v) is 19.4. The Kier molecular flexibility index (Phi) is 7.83. The molecule has 1 N–H and O–H groups in total. The molecule has 2 aromatic carbocycles. The number of halogens is 1. The molecule has 0 aliphatic heterocycles. The average Bonchev–Trinajstić information content (AvgIpc) is 2.78. The molecule has 3 aromatic rings. The third-order valence-corrected chi connectivity index (χ3v) is 6.14. The molecule has 0 amide bonds. The number of aromatic nitrogens is 2. The molecule has 8 nitrogen and oxygen atoms in total. The van der Waals surface area contributed by atoms with E-state index >= 15 is 0 Å².